The number of carboxylic acids is 1. The summed E-state index contributed by atoms with van der Waals surface area (Å²) in [5.41, 5.74) is 7.23. The van der Waals surface area contributed by atoms with Crippen LogP contribution in [-0.2, 0) is 11.2 Å². The van der Waals surface area contributed by atoms with Gasteiger partial charge in [-0.15, -0.1) is 0 Å². The number of carboxylic acid groups (broad SMARTS) is 1. The molecule has 0 aliphatic rings. The summed E-state index contributed by atoms with van der Waals surface area (Å²) in [4.78, 5) is 17.6. The molecule has 1 aromatic heterocycles. The van der Waals surface area contributed by atoms with Crippen LogP contribution in [0.4, 0.5) is 0 Å². The minimum absolute atomic E-state index is 0.332. The zero-order valence-corrected chi connectivity index (χ0v) is 8.37. The van der Waals surface area contributed by atoms with E-state index in [1.165, 1.54) is 0 Å². The van der Waals surface area contributed by atoms with E-state index in [1.54, 1.807) is 0 Å². The zero-order valence-electron chi connectivity index (χ0n) is 8.37. The lowest BCUT2D eigenvalue weighted by Crippen LogP contribution is -2.21. The van der Waals surface area contributed by atoms with E-state index in [1.807, 2.05) is 13.8 Å². The number of nitrogens with two attached hydrogens (primary N) is 1. The molecule has 0 aliphatic heterocycles. The number of nitrogens with one attached hydrogen (secondary N) is 1. The lowest BCUT2D eigenvalue weighted by molar-refractivity contribution is -0.138. The van der Waals surface area contributed by atoms with Gasteiger partial charge in [-0.25, -0.2) is 4.98 Å². The second-order valence-electron chi connectivity index (χ2n) is 3.26. The van der Waals surface area contributed by atoms with Crippen LogP contribution in [0.25, 0.3) is 0 Å². The number of aromatic nitrogens is 2. The van der Waals surface area contributed by atoms with E-state index in [0.29, 0.717) is 5.82 Å². The van der Waals surface area contributed by atoms with Crippen LogP contribution in [-0.4, -0.2) is 21.0 Å². The average molecular weight is 197 g/mol. The van der Waals surface area contributed by atoms with Crippen LogP contribution >= 0.6 is 0 Å². The highest BCUT2D eigenvalue weighted by Gasteiger charge is 2.18. The second kappa shape index (κ2) is 4.23. The van der Waals surface area contributed by atoms with Crippen molar-refractivity contribution < 1.29 is 9.90 Å². The molecule has 0 amide bonds. The molecule has 1 atom stereocenters. The molecular weight excluding hydrogens is 182 g/mol. The summed E-state index contributed by atoms with van der Waals surface area (Å²) in [6.45, 7) is 3.92. The largest absolute Gasteiger partial charge is 0.480 e. The molecule has 78 valence electrons. The molecule has 0 spiro atoms. The standard InChI is InChI=1S/C9H15N3O2/c1-3-4-6-5(2)11-8(12-6)7(10)9(13)14/h7H,3-4,10H2,1-2H3,(H,11,12)(H,13,14). The Balaban J connectivity index is 2.90. The maximum Gasteiger partial charge on any atom is 0.328 e. The molecule has 14 heavy (non-hydrogen) atoms. The maximum atomic E-state index is 10.6. The van der Waals surface area contributed by atoms with Gasteiger partial charge in [0.15, 0.2) is 6.04 Å². The first kappa shape index (κ1) is 10.7. The van der Waals surface area contributed by atoms with Crippen LogP contribution in [0.1, 0.15) is 36.6 Å². The van der Waals surface area contributed by atoms with Crippen molar-refractivity contribution in [1.82, 2.24) is 9.97 Å². The van der Waals surface area contributed by atoms with Crippen molar-refractivity contribution in [3.8, 4) is 0 Å². The molecule has 0 radical (unpaired) electrons. The quantitative estimate of drug-likeness (QED) is 0.664. The van der Waals surface area contributed by atoms with E-state index < -0.39 is 12.0 Å². The number of aliphatic carboxylic acids is 1. The number of nitrogens with zero attached hydrogens (tertiary/aromatic N) is 1. The average Bonchev–Trinajstić information content (AvgIpc) is 2.47. The predicted octanol–water partition coefficient (Wildman–Crippen LogP) is 0.755. The Bertz CT molecular complexity index is 333. The predicted molar refractivity (Wildman–Crippen MR) is 51.9 cm³/mol. The van der Waals surface area contributed by atoms with E-state index >= 15 is 0 Å². The SMILES string of the molecule is CCCc1nc(C(N)C(=O)O)[nH]c1C. The van der Waals surface area contributed by atoms with Crippen LogP contribution in [0.3, 0.4) is 0 Å². The molecule has 1 unspecified atom stereocenters. The Labute approximate surface area is 82.3 Å². The Hall–Kier alpha value is -1.36. The monoisotopic (exact) mass is 197 g/mol. The molecule has 0 fully saturated rings. The number of aryl methyl sites for hydroxylation is 2. The molecule has 1 rings (SSSR count). The van der Waals surface area contributed by atoms with E-state index in [4.69, 9.17) is 10.8 Å². The van der Waals surface area contributed by atoms with Crippen molar-refractivity contribution in [3.05, 3.63) is 17.2 Å². The Morgan fingerprint density at radius 3 is 2.86 bits per heavy atom. The van der Waals surface area contributed by atoms with E-state index in [9.17, 15) is 4.79 Å². The Morgan fingerprint density at radius 2 is 2.36 bits per heavy atom. The van der Waals surface area contributed by atoms with Crippen LogP contribution < -0.4 is 5.73 Å². The number of rotatable bonds is 4. The van der Waals surface area contributed by atoms with Gasteiger partial charge < -0.3 is 15.8 Å². The van der Waals surface area contributed by atoms with Gasteiger partial charge in [0.05, 0.1) is 5.69 Å². The van der Waals surface area contributed by atoms with Gasteiger partial charge in [-0.2, -0.15) is 0 Å². The van der Waals surface area contributed by atoms with Gasteiger partial charge in [0, 0.05) is 5.69 Å². The maximum absolute atomic E-state index is 10.6. The fourth-order valence-corrected chi connectivity index (χ4v) is 1.27. The molecule has 5 nitrogen and oxygen atoms in total. The number of hydrogen-bond donors (Lipinski definition) is 3. The third kappa shape index (κ3) is 2.11. The van der Waals surface area contributed by atoms with Gasteiger partial charge in [0.2, 0.25) is 0 Å². The Morgan fingerprint density at radius 1 is 1.71 bits per heavy atom. The fourth-order valence-electron chi connectivity index (χ4n) is 1.27. The molecule has 1 heterocycles. The molecule has 0 aromatic carbocycles. The first-order valence-corrected chi connectivity index (χ1v) is 4.60. The summed E-state index contributed by atoms with van der Waals surface area (Å²) in [5, 5.41) is 8.68. The van der Waals surface area contributed by atoms with Gasteiger partial charge in [0.25, 0.3) is 0 Å². The number of H-pyrrole nitrogens is 1. The number of imidazole rings is 1. The second-order valence-corrected chi connectivity index (χ2v) is 3.26. The van der Waals surface area contributed by atoms with Gasteiger partial charge in [-0.3, -0.25) is 4.79 Å². The van der Waals surface area contributed by atoms with Crippen molar-refractivity contribution in [2.45, 2.75) is 32.7 Å². The van der Waals surface area contributed by atoms with Crippen LogP contribution in [0.5, 0.6) is 0 Å². The highest BCUT2D eigenvalue weighted by molar-refractivity contribution is 5.74. The highest BCUT2D eigenvalue weighted by Crippen LogP contribution is 2.12. The molecule has 5 heteroatoms. The minimum atomic E-state index is -1.07. The molecule has 4 N–H and O–H groups in total. The van der Waals surface area contributed by atoms with Gasteiger partial charge in [-0.05, 0) is 13.3 Å². The van der Waals surface area contributed by atoms with Crippen molar-refractivity contribution in [3.63, 3.8) is 0 Å². The summed E-state index contributed by atoms with van der Waals surface area (Å²) >= 11 is 0. The van der Waals surface area contributed by atoms with Gasteiger partial charge >= 0.3 is 5.97 Å². The number of hydrogen-bond acceptors (Lipinski definition) is 3. The van der Waals surface area contributed by atoms with Crippen LogP contribution in [0, 0.1) is 6.92 Å². The highest BCUT2D eigenvalue weighted by atomic mass is 16.4. The molecule has 0 saturated heterocycles. The number of carbonyl (C=O) groups is 1. The fraction of sp³-hybridized carbons (Fsp3) is 0.556. The van der Waals surface area contributed by atoms with Crippen molar-refractivity contribution in [2.24, 2.45) is 5.73 Å². The van der Waals surface area contributed by atoms with Gasteiger partial charge in [0.1, 0.15) is 5.82 Å². The molecular formula is C9H15N3O2. The first-order valence-electron chi connectivity index (χ1n) is 4.60. The van der Waals surface area contributed by atoms with Crippen molar-refractivity contribution >= 4 is 5.97 Å². The third-order valence-electron chi connectivity index (χ3n) is 2.05. The summed E-state index contributed by atoms with van der Waals surface area (Å²) < 4.78 is 0. The normalized spacial score (nSPS) is 12.8. The summed E-state index contributed by atoms with van der Waals surface area (Å²) in [7, 11) is 0. The smallest absolute Gasteiger partial charge is 0.328 e. The topological polar surface area (TPSA) is 92.0 Å². The Kier molecular flexibility index (Phi) is 3.24. The zero-order chi connectivity index (χ0) is 10.7. The molecule has 0 saturated carbocycles. The lowest BCUT2D eigenvalue weighted by Gasteiger charge is -2.00. The number of aromatic amines is 1. The van der Waals surface area contributed by atoms with E-state index in [-0.39, 0.29) is 0 Å². The molecule has 0 aliphatic carbocycles. The van der Waals surface area contributed by atoms with Crippen molar-refractivity contribution in [2.75, 3.05) is 0 Å². The van der Waals surface area contributed by atoms with Crippen molar-refractivity contribution in [1.29, 1.82) is 0 Å². The summed E-state index contributed by atoms with van der Waals surface area (Å²) in [5.74, 6) is -0.736. The molecule has 0 bridgehead atoms. The molecule has 1 aromatic rings. The lowest BCUT2D eigenvalue weighted by atomic mass is 10.2. The van der Waals surface area contributed by atoms with Crippen LogP contribution in [0.2, 0.25) is 0 Å². The minimum Gasteiger partial charge on any atom is -0.480 e. The van der Waals surface area contributed by atoms with E-state index in [0.717, 1.165) is 24.2 Å². The third-order valence-corrected chi connectivity index (χ3v) is 2.05. The van der Waals surface area contributed by atoms with Gasteiger partial charge in [-0.1, -0.05) is 13.3 Å². The summed E-state index contributed by atoms with van der Waals surface area (Å²) in [6, 6.07) is -1.06. The summed E-state index contributed by atoms with van der Waals surface area (Å²) in [6.07, 6.45) is 1.82. The first-order chi connectivity index (χ1) is 6.56. The van der Waals surface area contributed by atoms with Crippen LogP contribution in [0.15, 0.2) is 0 Å². The van der Waals surface area contributed by atoms with E-state index in [2.05, 4.69) is 9.97 Å².